The van der Waals surface area contributed by atoms with Crippen molar-refractivity contribution in [2.24, 2.45) is 0 Å². The minimum absolute atomic E-state index is 0.906. The maximum Gasteiger partial charge on any atom is 0.153 e. The molecule has 11 aromatic rings. The molecular formula is C50H30OS. The van der Waals surface area contributed by atoms with Crippen LogP contribution in [0.3, 0.4) is 0 Å². The van der Waals surface area contributed by atoms with Gasteiger partial charge in [-0.15, -0.1) is 11.3 Å². The van der Waals surface area contributed by atoms with Crippen LogP contribution in [0.15, 0.2) is 186 Å². The third kappa shape index (κ3) is 4.35. The molecule has 242 valence electrons. The van der Waals surface area contributed by atoms with Gasteiger partial charge in [0.05, 0.1) is 4.70 Å². The zero-order valence-electron chi connectivity index (χ0n) is 28.1. The van der Waals surface area contributed by atoms with Crippen molar-refractivity contribution < 1.29 is 4.42 Å². The van der Waals surface area contributed by atoms with Crippen molar-refractivity contribution >= 4 is 75.7 Å². The second-order valence-electron chi connectivity index (χ2n) is 13.5. The summed E-state index contributed by atoms with van der Waals surface area (Å²) in [6.45, 7) is 0. The fraction of sp³-hybridized carbons (Fsp3) is 0. The molecule has 0 saturated heterocycles. The molecule has 9 aromatic carbocycles. The Labute approximate surface area is 304 Å². The molecule has 0 radical (unpaired) electrons. The number of hydrogen-bond acceptors (Lipinski definition) is 2. The zero-order valence-corrected chi connectivity index (χ0v) is 29.0. The van der Waals surface area contributed by atoms with Gasteiger partial charge in [0.15, 0.2) is 5.58 Å². The predicted octanol–water partition coefficient (Wildman–Crippen LogP) is 14.9. The fourth-order valence-corrected chi connectivity index (χ4v) is 9.71. The molecule has 52 heavy (non-hydrogen) atoms. The van der Waals surface area contributed by atoms with Crippen LogP contribution in [0.1, 0.15) is 0 Å². The summed E-state index contributed by atoms with van der Waals surface area (Å²) in [5.41, 5.74) is 10.5. The van der Waals surface area contributed by atoms with Gasteiger partial charge in [0, 0.05) is 26.6 Å². The summed E-state index contributed by atoms with van der Waals surface area (Å²) in [5.74, 6) is 0. The monoisotopic (exact) mass is 678 g/mol. The first-order valence-corrected chi connectivity index (χ1v) is 18.6. The molecule has 0 bridgehead atoms. The van der Waals surface area contributed by atoms with Crippen LogP contribution >= 0.6 is 11.3 Å². The Morgan fingerprint density at radius 3 is 1.63 bits per heavy atom. The van der Waals surface area contributed by atoms with Crippen LogP contribution < -0.4 is 0 Å². The van der Waals surface area contributed by atoms with E-state index in [0.29, 0.717) is 0 Å². The molecule has 2 aromatic heterocycles. The largest absolute Gasteiger partial charge is 0.455 e. The molecule has 0 atom stereocenters. The summed E-state index contributed by atoms with van der Waals surface area (Å²) in [5, 5.41) is 11.0. The van der Waals surface area contributed by atoms with Crippen LogP contribution in [-0.2, 0) is 0 Å². The summed E-state index contributed by atoms with van der Waals surface area (Å²) in [4.78, 5) is 1.26. The van der Waals surface area contributed by atoms with Crippen molar-refractivity contribution in [3.05, 3.63) is 182 Å². The smallest absolute Gasteiger partial charge is 0.153 e. The van der Waals surface area contributed by atoms with Crippen molar-refractivity contribution in [1.82, 2.24) is 0 Å². The number of furan rings is 1. The molecule has 11 rings (SSSR count). The SMILES string of the molecule is c1ccc(-c2sc3c(ccc4c5cc(-c6c7ccccc7c(-c7cccc8ccccc78)c7ccccc67)ccc5oc43)c2-c2ccccc2)cc1. The molecule has 1 nitrogen and oxygen atoms in total. The van der Waals surface area contributed by atoms with Gasteiger partial charge in [0.1, 0.15) is 5.58 Å². The topological polar surface area (TPSA) is 13.1 Å². The number of benzene rings is 9. The van der Waals surface area contributed by atoms with E-state index in [9.17, 15) is 0 Å². The first-order chi connectivity index (χ1) is 25.8. The standard InChI is InChI=1S/C50H30OS/c1-3-15-32(16-4-1)46-42-28-27-41-43-30-34(26-29-44(43)51-48(41)50(42)52-49(46)33-17-5-2-6-18-33)45-37-21-9-11-23-39(37)47(40-24-12-10-22-38(40)45)36-25-13-19-31-14-7-8-20-35(31)36/h1-30H. The molecule has 0 aliphatic heterocycles. The Balaban J connectivity index is 1.17. The van der Waals surface area contributed by atoms with Gasteiger partial charge in [-0.2, -0.15) is 0 Å². The Morgan fingerprint density at radius 1 is 0.346 bits per heavy atom. The lowest BCUT2D eigenvalue weighted by molar-refractivity contribution is 0.673. The predicted molar refractivity (Wildman–Crippen MR) is 223 cm³/mol. The zero-order chi connectivity index (χ0) is 34.2. The summed E-state index contributed by atoms with van der Waals surface area (Å²) in [7, 11) is 0. The van der Waals surface area contributed by atoms with E-state index in [1.165, 1.54) is 86.2 Å². The molecule has 0 amide bonds. The highest BCUT2D eigenvalue weighted by molar-refractivity contribution is 7.24. The third-order valence-corrected chi connectivity index (χ3v) is 11.9. The van der Waals surface area contributed by atoms with E-state index in [2.05, 4.69) is 182 Å². The number of hydrogen-bond donors (Lipinski definition) is 0. The van der Waals surface area contributed by atoms with Crippen LogP contribution in [0.2, 0.25) is 0 Å². The maximum atomic E-state index is 6.80. The lowest BCUT2D eigenvalue weighted by Crippen LogP contribution is -1.91. The molecule has 2 heteroatoms. The number of rotatable bonds is 4. The Hall–Kier alpha value is -6.48. The van der Waals surface area contributed by atoms with E-state index in [4.69, 9.17) is 4.42 Å². The van der Waals surface area contributed by atoms with Crippen LogP contribution in [-0.4, -0.2) is 0 Å². The van der Waals surface area contributed by atoms with E-state index in [-0.39, 0.29) is 0 Å². The molecule has 0 saturated carbocycles. The summed E-state index contributed by atoms with van der Waals surface area (Å²) in [6.07, 6.45) is 0. The van der Waals surface area contributed by atoms with Crippen molar-refractivity contribution in [2.45, 2.75) is 0 Å². The minimum atomic E-state index is 0.906. The lowest BCUT2D eigenvalue weighted by atomic mass is 9.84. The minimum Gasteiger partial charge on any atom is -0.455 e. The van der Waals surface area contributed by atoms with Crippen LogP contribution in [0.25, 0.3) is 108 Å². The highest BCUT2D eigenvalue weighted by Crippen LogP contribution is 2.50. The van der Waals surface area contributed by atoms with Gasteiger partial charge in [-0.05, 0) is 83.9 Å². The van der Waals surface area contributed by atoms with Gasteiger partial charge < -0.3 is 4.42 Å². The first kappa shape index (κ1) is 29.3. The molecule has 0 spiro atoms. The van der Waals surface area contributed by atoms with Gasteiger partial charge in [0.25, 0.3) is 0 Å². The highest BCUT2D eigenvalue weighted by Gasteiger charge is 2.22. The van der Waals surface area contributed by atoms with E-state index in [1.54, 1.807) is 0 Å². The van der Waals surface area contributed by atoms with Crippen molar-refractivity contribution in [1.29, 1.82) is 0 Å². The van der Waals surface area contributed by atoms with E-state index in [0.717, 1.165) is 21.9 Å². The summed E-state index contributed by atoms with van der Waals surface area (Å²) < 4.78 is 7.98. The van der Waals surface area contributed by atoms with E-state index >= 15 is 0 Å². The average Bonchev–Trinajstić information content (AvgIpc) is 3.79. The van der Waals surface area contributed by atoms with Gasteiger partial charge in [-0.3, -0.25) is 0 Å². The molecule has 2 heterocycles. The molecule has 0 fully saturated rings. The quantitative estimate of drug-likeness (QED) is 0.169. The van der Waals surface area contributed by atoms with Gasteiger partial charge >= 0.3 is 0 Å². The molecule has 0 N–H and O–H groups in total. The van der Waals surface area contributed by atoms with Gasteiger partial charge in [-0.1, -0.05) is 164 Å². The average molecular weight is 679 g/mol. The van der Waals surface area contributed by atoms with Crippen molar-refractivity contribution in [3.63, 3.8) is 0 Å². The van der Waals surface area contributed by atoms with Crippen LogP contribution in [0, 0.1) is 0 Å². The lowest BCUT2D eigenvalue weighted by Gasteiger charge is -2.18. The van der Waals surface area contributed by atoms with E-state index < -0.39 is 0 Å². The molecular weight excluding hydrogens is 649 g/mol. The van der Waals surface area contributed by atoms with Crippen LogP contribution in [0.5, 0.6) is 0 Å². The maximum absolute atomic E-state index is 6.80. The van der Waals surface area contributed by atoms with Crippen LogP contribution in [0.4, 0.5) is 0 Å². The Kier molecular flexibility index (Phi) is 6.49. The molecule has 0 unspecified atom stereocenters. The molecule has 0 aliphatic rings. The van der Waals surface area contributed by atoms with Crippen molar-refractivity contribution in [2.75, 3.05) is 0 Å². The highest BCUT2D eigenvalue weighted by atomic mass is 32.1. The summed E-state index contributed by atoms with van der Waals surface area (Å²) >= 11 is 1.83. The fourth-order valence-electron chi connectivity index (χ4n) is 8.40. The van der Waals surface area contributed by atoms with Gasteiger partial charge in [0.2, 0.25) is 0 Å². The third-order valence-electron chi connectivity index (χ3n) is 10.7. The van der Waals surface area contributed by atoms with E-state index in [1.807, 2.05) is 11.3 Å². The first-order valence-electron chi connectivity index (χ1n) is 17.8. The van der Waals surface area contributed by atoms with Crippen molar-refractivity contribution in [3.8, 4) is 43.8 Å². The Morgan fingerprint density at radius 2 is 0.923 bits per heavy atom. The second kappa shape index (κ2) is 11.5. The molecule has 0 aliphatic carbocycles. The number of fused-ring (bicyclic) bond motifs is 8. The summed E-state index contributed by atoms with van der Waals surface area (Å²) in [6, 6.07) is 66.0. The normalized spacial score (nSPS) is 11.8. The van der Waals surface area contributed by atoms with Gasteiger partial charge in [-0.25, -0.2) is 0 Å². The Bertz CT molecular complexity index is 3100. The number of thiophene rings is 1. The second-order valence-corrected chi connectivity index (χ2v) is 14.6.